The van der Waals surface area contributed by atoms with Crippen molar-refractivity contribution >= 4 is 25.8 Å². The van der Waals surface area contributed by atoms with Crippen molar-refractivity contribution in [1.29, 1.82) is 0 Å². The highest BCUT2D eigenvalue weighted by molar-refractivity contribution is 7.80. The first-order chi connectivity index (χ1) is 10.5. The van der Waals surface area contributed by atoms with Gasteiger partial charge in [-0.15, -0.1) is 0 Å². The third kappa shape index (κ3) is 3.75. The predicted octanol–water partition coefficient (Wildman–Crippen LogP) is 4.05. The smallest absolute Gasteiger partial charge is 0.400 e. The number of hydrogen-bond acceptors (Lipinski definition) is 4. The van der Waals surface area contributed by atoms with Crippen LogP contribution in [0.2, 0.25) is 0 Å². The predicted molar refractivity (Wildman–Crippen MR) is 87.2 cm³/mol. The van der Waals surface area contributed by atoms with Gasteiger partial charge in [0.2, 0.25) is 0 Å². The van der Waals surface area contributed by atoms with Gasteiger partial charge in [0, 0.05) is 17.5 Å². The molecule has 1 aliphatic heterocycles. The van der Waals surface area contributed by atoms with Crippen molar-refractivity contribution in [2.75, 3.05) is 5.75 Å². The fraction of sp³-hybridized carbons (Fsp3) is 0.533. The third-order valence-corrected chi connectivity index (χ3v) is 4.55. The van der Waals surface area contributed by atoms with E-state index in [2.05, 4.69) is 17.6 Å². The van der Waals surface area contributed by atoms with Crippen LogP contribution in [-0.4, -0.2) is 29.1 Å². The summed E-state index contributed by atoms with van der Waals surface area (Å²) in [5, 5.41) is 0. The number of aromatic nitrogens is 1. The molecular weight excluding hydrogens is 326 g/mol. The van der Waals surface area contributed by atoms with Crippen molar-refractivity contribution in [3.63, 3.8) is 0 Å². The minimum Gasteiger partial charge on any atom is -0.400 e. The maximum Gasteiger partial charge on any atom is 0.491 e. The van der Waals surface area contributed by atoms with Crippen LogP contribution in [0.1, 0.15) is 39.0 Å². The zero-order valence-electron chi connectivity index (χ0n) is 13.4. The highest BCUT2D eigenvalue weighted by Crippen LogP contribution is 2.39. The number of alkyl halides is 3. The molecule has 0 aliphatic carbocycles. The molecule has 1 aromatic rings. The van der Waals surface area contributed by atoms with Crippen LogP contribution < -0.4 is 0 Å². The molecule has 0 unspecified atom stereocenters. The van der Waals surface area contributed by atoms with Gasteiger partial charge in [0.1, 0.15) is 0 Å². The molecule has 23 heavy (non-hydrogen) atoms. The number of halogens is 3. The Morgan fingerprint density at radius 2 is 1.83 bits per heavy atom. The van der Waals surface area contributed by atoms with E-state index < -0.39 is 30.2 Å². The fourth-order valence-electron chi connectivity index (χ4n) is 2.15. The maximum atomic E-state index is 13.1. The molecule has 0 amide bonds. The van der Waals surface area contributed by atoms with Crippen LogP contribution in [0.25, 0.3) is 6.08 Å². The van der Waals surface area contributed by atoms with Gasteiger partial charge in [-0.1, -0.05) is 12.1 Å². The van der Waals surface area contributed by atoms with Gasteiger partial charge >= 0.3 is 13.3 Å². The van der Waals surface area contributed by atoms with Gasteiger partial charge < -0.3 is 9.31 Å². The lowest BCUT2D eigenvalue weighted by Gasteiger charge is -2.32. The van der Waals surface area contributed by atoms with Crippen molar-refractivity contribution in [3.05, 3.63) is 35.1 Å². The molecule has 0 N–H and O–H groups in total. The van der Waals surface area contributed by atoms with Gasteiger partial charge in [-0.05, 0) is 39.2 Å². The Morgan fingerprint density at radius 3 is 2.30 bits per heavy atom. The summed E-state index contributed by atoms with van der Waals surface area (Å²) >= 11 is 4.21. The molecule has 1 aromatic heterocycles. The van der Waals surface area contributed by atoms with Crippen LogP contribution in [0.5, 0.6) is 0 Å². The van der Waals surface area contributed by atoms with Crippen molar-refractivity contribution < 1.29 is 22.5 Å². The molecule has 1 aliphatic rings. The van der Waals surface area contributed by atoms with Crippen LogP contribution in [0.3, 0.4) is 0 Å². The maximum absolute atomic E-state index is 13.1. The summed E-state index contributed by atoms with van der Waals surface area (Å²) in [6.45, 7) is 7.53. The summed E-state index contributed by atoms with van der Waals surface area (Å²) in [7, 11) is -0.737. The Labute approximate surface area is 139 Å². The quantitative estimate of drug-likeness (QED) is 0.663. The average Bonchev–Trinajstić information content (AvgIpc) is 2.64. The van der Waals surface area contributed by atoms with Gasteiger partial charge in [-0.3, -0.25) is 4.98 Å². The normalized spacial score (nSPS) is 20.9. The molecule has 0 aromatic carbocycles. The summed E-state index contributed by atoms with van der Waals surface area (Å²) in [4.78, 5) is 3.44. The van der Waals surface area contributed by atoms with E-state index in [1.807, 2.05) is 27.7 Å². The molecule has 2 heterocycles. The molecule has 126 valence electrons. The third-order valence-electron chi connectivity index (χ3n) is 4.19. The number of nitrogens with zero attached hydrogens (tertiary/aromatic N) is 1. The zero-order chi connectivity index (χ0) is 17.5. The molecular formula is C15H19BF3NO2S. The highest BCUT2D eigenvalue weighted by atomic mass is 32.1. The molecule has 0 saturated carbocycles. The Bertz CT molecular complexity index is 601. The van der Waals surface area contributed by atoms with E-state index in [9.17, 15) is 13.2 Å². The van der Waals surface area contributed by atoms with Crippen LogP contribution in [0.15, 0.2) is 23.8 Å². The highest BCUT2D eigenvalue weighted by Gasteiger charge is 2.52. The van der Waals surface area contributed by atoms with Gasteiger partial charge in [0.25, 0.3) is 0 Å². The topological polar surface area (TPSA) is 31.4 Å². The summed E-state index contributed by atoms with van der Waals surface area (Å²) in [6.07, 6.45) is -2.01. The van der Waals surface area contributed by atoms with E-state index in [1.54, 1.807) is 0 Å². The minimum atomic E-state index is -4.52. The Balaban J connectivity index is 2.39. The summed E-state index contributed by atoms with van der Waals surface area (Å²) in [6, 6.07) is 2.83. The monoisotopic (exact) mass is 345 g/mol. The first-order valence-electron chi connectivity index (χ1n) is 7.17. The van der Waals surface area contributed by atoms with Crippen LogP contribution in [0, 0.1) is 0 Å². The fourth-order valence-corrected chi connectivity index (χ4v) is 2.39. The SMILES string of the molecule is CC1(C)OB(C(=Cc2cccnc2C(F)(F)F)CS)OC1(C)C. The lowest BCUT2D eigenvalue weighted by Crippen LogP contribution is -2.41. The van der Waals surface area contributed by atoms with Gasteiger partial charge in [0.15, 0.2) is 5.69 Å². The van der Waals surface area contributed by atoms with Crippen molar-refractivity contribution in [3.8, 4) is 0 Å². The van der Waals surface area contributed by atoms with Gasteiger partial charge in [0.05, 0.1) is 11.2 Å². The van der Waals surface area contributed by atoms with Crippen LogP contribution in [0.4, 0.5) is 13.2 Å². The second-order valence-corrected chi connectivity index (χ2v) is 6.72. The van der Waals surface area contributed by atoms with Crippen molar-refractivity contribution in [1.82, 2.24) is 4.98 Å². The second-order valence-electron chi connectivity index (χ2n) is 6.40. The lowest BCUT2D eigenvalue weighted by atomic mass is 9.78. The molecule has 0 bridgehead atoms. The molecule has 1 fully saturated rings. The molecule has 0 spiro atoms. The first-order valence-corrected chi connectivity index (χ1v) is 7.80. The average molecular weight is 345 g/mol. The van der Waals surface area contributed by atoms with Crippen LogP contribution >= 0.6 is 12.6 Å². The number of hydrogen-bond donors (Lipinski definition) is 1. The van der Waals surface area contributed by atoms with Crippen molar-refractivity contribution in [2.45, 2.75) is 45.1 Å². The molecule has 2 rings (SSSR count). The Morgan fingerprint density at radius 1 is 1.26 bits per heavy atom. The minimum absolute atomic E-state index is 0.0289. The van der Waals surface area contributed by atoms with E-state index in [1.165, 1.54) is 18.2 Å². The first kappa shape index (κ1) is 18.4. The molecule has 8 heteroatoms. The molecule has 1 saturated heterocycles. The standard InChI is InChI=1S/C15H19BF3NO2S/c1-13(2)14(3,4)22-16(21-13)11(9-23)8-10-6-5-7-20-12(10)15(17,18)19/h5-8,23H,9H2,1-4H3. The Kier molecular flexibility index (Phi) is 4.90. The summed E-state index contributed by atoms with van der Waals surface area (Å²) < 4.78 is 50.9. The largest absolute Gasteiger partial charge is 0.491 e. The molecule has 3 nitrogen and oxygen atoms in total. The number of rotatable bonds is 3. The van der Waals surface area contributed by atoms with E-state index >= 15 is 0 Å². The number of pyridine rings is 1. The van der Waals surface area contributed by atoms with Gasteiger partial charge in [-0.25, -0.2) is 0 Å². The second kappa shape index (κ2) is 6.14. The zero-order valence-corrected chi connectivity index (χ0v) is 14.3. The van der Waals surface area contributed by atoms with E-state index in [0.717, 1.165) is 6.20 Å². The molecule has 0 radical (unpaired) electrons. The van der Waals surface area contributed by atoms with Gasteiger partial charge in [-0.2, -0.15) is 25.8 Å². The summed E-state index contributed by atoms with van der Waals surface area (Å²) in [5.41, 5.74) is -1.58. The van der Waals surface area contributed by atoms with Crippen LogP contribution in [-0.2, 0) is 15.5 Å². The Hall–Kier alpha value is -0.985. The van der Waals surface area contributed by atoms with Crippen molar-refractivity contribution in [2.24, 2.45) is 0 Å². The van der Waals surface area contributed by atoms with E-state index in [-0.39, 0.29) is 11.3 Å². The number of thiol groups is 1. The van der Waals surface area contributed by atoms with E-state index in [0.29, 0.717) is 5.47 Å². The lowest BCUT2D eigenvalue weighted by molar-refractivity contribution is -0.141. The molecule has 0 atom stereocenters. The summed E-state index contributed by atoms with van der Waals surface area (Å²) in [5.74, 6) is 0.211. The van der Waals surface area contributed by atoms with E-state index in [4.69, 9.17) is 9.31 Å².